The third-order valence-electron chi connectivity index (χ3n) is 5.74. The zero-order valence-electron chi connectivity index (χ0n) is 19.3. The first kappa shape index (κ1) is 24.7. The molecule has 1 aliphatic rings. The maximum absolute atomic E-state index is 13.1. The van der Waals surface area contributed by atoms with Crippen molar-refractivity contribution in [2.45, 2.75) is 32.2 Å². The Balaban J connectivity index is 1.86. The summed E-state index contributed by atoms with van der Waals surface area (Å²) in [4.78, 5) is 40.0. The third-order valence-corrected chi connectivity index (χ3v) is 5.74. The molecule has 0 spiro atoms. The average molecular weight is 463 g/mol. The quantitative estimate of drug-likeness (QED) is 0.300. The van der Waals surface area contributed by atoms with Gasteiger partial charge in [-0.1, -0.05) is 30.9 Å². The van der Waals surface area contributed by atoms with Crippen molar-refractivity contribution in [2.24, 2.45) is 5.73 Å². The van der Waals surface area contributed by atoms with Crippen molar-refractivity contribution in [1.29, 1.82) is 5.41 Å². The molecular weight excluding hydrogens is 432 g/mol. The summed E-state index contributed by atoms with van der Waals surface area (Å²) in [6.45, 7) is 7.19. The van der Waals surface area contributed by atoms with E-state index in [1.165, 1.54) is 0 Å². The van der Waals surface area contributed by atoms with E-state index in [1.54, 1.807) is 60.4 Å². The minimum atomic E-state index is -0.691. The number of amides is 2. The summed E-state index contributed by atoms with van der Waals surface area (Å²) in [5, 5.41) is 10.6. The highest BCUT2D eigenvalue weighted by molar-refractivity contribution is 6.01. The van der Waals surface area contributed by atoms with Crippen LogP contribution in [-0.2, 0) is 9.53 Å². The molecule has 0 radical (unpaired) electrons. The van der Waals surface area contributed by atoms with Gasteiger partial charge in [0, 0.05) is 29.8 Å². The van der Waals surface area contributed by atoms with Crippen molar-refractivity contribution < 1.29 is 19.1 Å². The molecule has 0 saturated carbocycles. The molecule has 0 bridgehead atoms. The number of amidine groups is 1. The van der Waals surface area contributed by atoms with Gasteiger partial charge >= 0.3 is 5.97 Å². The van der Waals surface area contributed by atoms with E-state index in [2.05, 4.69) is 11.9 Å². The lowest BCUT2D eigenvalue weighted by Crippen LogP contribution is -2.31. The van der Waals surface area contributed by atoms with Gasteiger partial charge in [-0.3, -0.25) is 19.8 Å². The van der Waals surface area contributed by atoms with Crippen LogP contribution in [0.25, 0.3) is 6.08 Å². The number of benzene rings is 2. The lowest BCUT2D eigenvalue weighted by Gasteiger charge is -2.20. The molecule has 34 heavy (non-hydrogen) atoms. The predicted molar refractivity (Wildman–Crippen MR) is 131 cm³/mol. The second-order valence-electron chi connectivity index (χ2n) is 8.08. The Morgan fingerprint density at radius 2 is 1.91 bits per heavy atom. The number of esters is 1. The van der Waals surface area contributed by atoms with E-state index in [1.807, 2.05) is 0 Å². The fraction of sp³-hybridized carbons (Fsp3) is 0.308. The van der Waals surface area contributed by atoms with Crippen LogP contribution in [0, 0.1) is 5.41 Å². The second kappa shape index (κ2) is 11.3. The summed E-state index contributed by atoms with van der Waals surface area (Å²) in [6, 6.07) is 11.0. The Hall–Kier alpha value is -3.94. The summed E-state index contributed by atoms with van der Waals surface area (Å²) in [6.07, 6.45) is 3.46. The fourth-order valence-electron chi connectivity index (χ4n) is 3.96. The molecule has 2 aromatic rings. The van der Waals surface area contributed by atoms with Crippen LogP contribution in [0.5, 0.6) is 0 Å². The first-order valence-corrected chi connectivity index (χ1v) is 11.3. The molecule has 178 valence electrons. The van der Waals surface area contributed by atoms with E-state index < -0.39 is 17.9 Å². The second-order valence-corrected chi connectivity index (χ2v) is 8.08. The summed E-state index contributed by atoms with van der Waals surface area (Å²) in [7, 11) is 0. The zero-order valence-corrected chi connectivity index (χ0v) is 19.3. The molecule has 2 amide bonds. The van der Waals surface area contributed by atoms with Gasteiger partial charge in [0.15, 0.2) is 0 Å². The number of nitrogen functional groups attached to an aromatic ring is 1. The maximum atomic E-state index is 13.1. The average Bonchev–Trinajstić information content (AvgIpc) is 3.38. The molecule has 1 unspecified atom stereocenters. The summed E-state index contributed by atoms with van der Waals surface area (Å²) < 4.78 is 5.07. The van der Waals surface area contributed by atoms with Crippen LogP contribution in [0.15, 0.2) is 49.0 Å². The predicted octanol–water partition coefficient (Wildman–Crippen LogP) is 3.27. The van der Waals surface area contributed by atoms with E-state index in [0.717, 1.165) is 25.9 Å². The monoisotopic (exact) mass is 462 g/mol. The lowest BCUT2D eigenvalue weighted by molar-refractivity contribution is -0.143. The number of hydrogen-bond donors (Lipinski definition) is 3. The van der Waals surface area contributed by atoms with Crippen molar-refractivity contribution in [3.8, 4) is 0 Å². The van der Waals surface area contributed by atoms with Gasteiger partial charge in [-0.25, -0.2) is 0 Å². The highest BCUT2D eigenvalue weighted by Crippen LogP contribution is 2.22. The Morgan fingerprint density at radius 3 is 2.56 bits per heavy atom. The molecular formula is C26H30N4O4. The fourth-order valence-corrected chi connectivity index (χ4v) is 3.96. The molecule has 0 aromatic heterocycles. The first-order chi connectivity index (χ1) is 16.3. The number of ether oxygens (including phenoxy) is 1. The summed E-state index contributed by atoms with van der Waals surface area (Å²) >= 11 is 0. The Kier molecular flexibility index (Phi) is 8.19. The van der Waals surface area contributed by atoms with Gasteiger partial charge in [-0.05, 0) is 55.2 Å². The van der Waals surface area contributed by atoms with Crippen molar-refractivity contribution in [2.75, 3.05) is 19.7 Å². The van der Waals surface area contributed by atoms with Gasteiger partial charge in [-0.15, -0.1) is 0 Å². The standard InChI is InChI=1S/C26H30N4O4/c1-3-17-14-20(10-11-21(17)26(33)30-12-5-6-13-30)25(32)29-22(16-23(31)34-4-2)18-8-7-9-19(15-18)24(27)28/h3,7-11,14-15,22H,1,4-6,12-13,16H2,2H3,(H3,27,28)(H,29,32). The largest absolute Gasteiger partial charge is 0.466 e. The molecule has 3 rings (SSSR count). The number of nitrogens with one attached hydrogen (secondary N) is 2. The molecule has 8 nitrogen and oxygen atoms in total. The van der Waals surface area contributed by atoms with E-state index >= 15 is 0 Å². The molecule has 0 aliphatic carbocycles. The zero-order chi connectivity index (χ0) is 24.7. The number of carbonyl (C=O) groups excluding carboxylic acids is 3. The normalized spacial score (nSPS) is 13.7. The molecule has 1 fully saturated rings. The number of hydrogen-bond acceptors (Lipinski definition) is 5. The van der Waals surface area contributed by atoms with Crippen LogP contribution in [-0.4, -0.2) is 48.2 Å². The summed E-state index contributed by atoms with van der Waals surface area (Å²) in [5.41, 5.74) is 8.13. The van der Waals surface area contributed by atoms with E-state index in [4.69, 9.17) is 15.9 Å². The van der Waals surface area contributed by atoms with Gasteiger partial charge in [0.2, 0.25) is 0 Å². The third kappa shape index (κ3) is 5.89. The number of carbonyl (C=O) groups is 3. The van der Waals surface area contributed by atoms with Gasteiger partial charge in [0.05, 0.1) is 19.1 Å². The Labute approximate surface area is 199 Å². The molecule has 4 N–H and O–H groups in total. The van der Waals surface area contributed by atoms with Crippen molar-refractivity contribution >= 4 is 29.7 Å². The van der Waals surface area contributed by atoms with Crippen LogP contribution in [0.3, 0.4) is 0 Å². The van der Waals surface area contributed by atoms with Crippen molar-refractivity contribution in [3.05, 3.63) is 76.9 Å². The highest BCUT2D eigenvalue weighted by atomic mass is 16.5. The summed E-state index contributed by atoms with van der Waals surface area (Å²) in [5.74, 6) is -1.05. The van der Waals surface area contributed by atoms with Gasteiger partial charge in [-0.2, -0.15) is 0 Å². The molecule has 1 heterocycles. The minimum Gasteiger partial charge on any atom is -0.466 e. The van der Waals surface area contributed by atoms with Crippen molar-refractivity contribution in [1.82, 2.24) is 10.2 Å². The SMILES string of the molecule is C=Cc1cc(C(=O)NC(CC(=O)OCC)c2cccc(C(=N)N)c2)ccc1C(=O)N1CCCC1. The molecule has 1 aliphatic heterocycles. The smallest absolute Gasteiger partial charge is 0.308 e. The molecule has 1 atom stereocenters. The van der Waals surface area contributed by atoms with E-state index in [0.29, 0.717) is 27.8 Å². The minimum absolute atomic E-state index is 0.0689. The maximum Gasteiger partial charge on any atom is 0.308 e. The number of rotatable bonds is 9. The van der Waals surface area contributed by atoms with Crippen LogP contribution < -0.4 is 11.1 Å². The van der Waals surface area contributed by atoms with Crippen LogP contribution in [0.1, 0.15) is 69.6 Å². The van der Waals surface area contributed by atoms with Crippen LogP contribution in [0.2, 0.25) is 0 Å². The Bertz CT molecular complexity index is 1110. The molecule has 8 heteroatoms. The number of nitrogens with two attached hydrogens (primary N) is 1. The number of nitrogens with zero attached hydrogens (tertiary/aromatic N) is 1. The van der Waals surface area contributed by atoms with Gasteiger partial charge in [0.25, 0.3) is 11.8 Å². The van der Waals surface area contributed by atoms with Gasteiger partial charge < -0.3 is 20.7 Å². The lowest BCUT2D eigenvalue weighted by atomic mass is 9.99. The first-order valence-electron chi connectivity index (χ1n) is 11.3. The Morgan fingerprint density at radius 1 is 1.18 bits per heavy atom. The number of likely N-dealkylation sites (tertiary alicyclic amines) is 1. The van der Waals surface area contributed by atoms with Gasteiger partial charge in [0.1, 0.15) is 5.84 Å². The van der Waals surface area contributed by atoms with E-state index in [9.17, 15) is 14.4 Å². The van der Waals surface area contributed by atoms with Crippen LogP contribution >= 0.6 is 0 Å². The topological polar surface area (TPSA) is 126 Å². The van der Waals surface area contributed by atoms with E-state index in [-0.39, 0.29) is 24.8 Å². The van der Waals surface area contributed by atoms with Crippen LogP contribution in [0.4, 0.5) is 0 Å². The molecule has 2 aromatic carbocycles. The molecule has 1 saturated heterocycles. The highest BCUT2D eigenvalue weighted by Gasteiger charge is 2.24. The van der Waals surface area contributed by atoms with Crippen molar-refractivity contribution in [3.63, 3.8) is 0 Å².